The minimum Gasteiger partial charge on any atom is -0.366 e. The molecule has 1 amide bonds. The van der Waals surface area contributed by atoms with Gasteiger partial charge >= 0.3 is 0 Å². The van der Waals surface area contributed by atoms with Gasteiger partial charge in [0.25, 0.3) is 0 Å². The summed E-state index contributed by atoms with van der Waals surface area (Å²) in [4.78, 5) is 11.4. The van der Waals surface area contributed by atoms with Crippen molar-refractivity contribution in [3.63, 3.8) is 0 Å². The Kier molecular flexibility index (Phi) is 3.52. The van der Waals surface area contributed by atoms with Gasteiger partial charge in [-0.2, -0.15) is 0 Å². The molecule has 2 N–H and O–H groups in total. The Labute approximate surface area is 140 Å². The number of carbonyl (C=O) groups is 1. The largest absolute Gasteiger partial charge is 0.366 e. The second kappa shape index (κ2) is 5.22. The van der Waals surface area contributed by atoms with Crippen LogP contribution < -0.4 is 5.73 Å². The lowest BCUT2D eigenvalue weighted by Crippen LogP contribution is -2.48. The van der Waals surface area contributed by atoms with Crippen molar-refractivity contribution in [2.75, 3.05) is 0 Å². The first-order chi connectivity index (χ1) is 10.9. The highest BCUT2D eigenvalue weighted by Crippen LogP contribution is 2.66. The van der Waals surface area contributed by atoms with Gasteiger partial charge in [-0.15, -0.1) is 0 Å². The van der Waals surface area contributed by atoms with Crippen molar-refractivity contribution in [1.82, 2.24) is 0 Å². The van der Waals surface area contributed by atoms with Gasteiger partial charge in [0.15, 0.2) is 0 Å². The smallest absolute Gasteiger partial charge is 0.241 e. The molecule has 0 saturated heterocycles. The fourth-order valence-corrected chi connectivity index (χ4v) is 6.95. The predicted octanol–water partition coefficient (Wildman–Crippen LogP) is 4.75. The molecule has 0 spiro atoms. The molecule has 0 aromatic carbocycles. The van der Waals surface area contributed by atoms with Gasteiger partial charge in [0.05, 0.1) is 0 Å². The standard InChI is InChI=1S/C21H31NO/c1-20-11-4-3-5-14(20)6-8-16-17-9-7-15(13-19(22)23)21(17,2)12-10-18(16)20/h6,13,16-18H,3-5,7-12H2,1-2H3,(H2,22,23)/t16-,17-,18-,20-,21+/m0/s1. The minimum atomic E-state index is -0.255. The number of amides is 1. The van der Waals surface area contributed by atoms with Gasteiger partial charge in [-0.1, -0.05) is 37.5 Å². The number of nitrogens with two attached hydrogens (primary N) is 1. The molecule has 0 aromatic rings. The van der Waals surface area contributed by atoms with E-state index in [4.69, 9.17) is 5.73 Å². The zero-order valence-corrected chi connectivity index (χ0v) is 14.7. The lowest BCUT2D eigenvalue weighted by atomic mass is 9.48. The van der Waals surface area contributed by atoms with E-state index in [-0.39, 0.29) is 11.3 Å². The number of carbonyl (C=O) groups excluding carboxylic acids is 1. The highest BCUT2D eigenvalue weighted by Gasteiger charge is 2.56. The molecule has 4 rings (SSSR count). The maximum atomic E-state index is 11.4. The highest BCUT2D eigenvalue weighted by molar-refractivity contribution is 5.86. The molecule has 126 valence electrons. The molecule has 4 aliphatic carbocycles. The van der Waals surface area contributed by atoms with Crippen LogP contribution in [0.25, 0.3) is 0 Å². The summed E-state index contributed by atoms with van der Waals surface area (Å²) >= 11 is 0. The topological polar surface area (TPSA) is 43.1 Å². The van der Waals surface area contributed by atoms with Crippen LogP contribution in [0, 0.1) is 28.6 Å². The summed E-state index contributed by atoms with van der Waals surface area (Å²) in [7, 11) is 0. The van der Waals surface area contributed by atoms with Crippen LogP contribution in [0.3, 0.4) is 0 Å². The molecule has 2 nitrogen and oxygen atoms in total. The van der Waals surface area contributed by atoms with Gasteiger partial charge in [0.1, 0.15) is 0 Å². The Morgan fingerprint density at radius 3 is 2.70 bits per heavy atom. The number of allylic oxidation sites excluding steroid dienone is 3. The van der Waals surface area contributed by atoms with Crippen LogP contribution in [-0.2, 0) is 4.79 Å². The van der Waals surface area contributed by atoms with Crippen molar-refractivity contribution >= 4 is 5.91 Å². The van der Waals surface area contributed by atoms with Crippen LogP contribution >= 0.6 is 0 Å². The number of rotatable bonds is 1. The molecule has 0 bridgehead atoms. The van der Waals surface area contributed by atoms with Gasteiger partial charge in [0.2, 0.25) is 5.91 Å². The zero-order valence-electron chi connectivity index (χ0n) is 14.7. The van der Waals surface area contributed by atoms with Crippen LogP contribution in [0.15, 0.2) is 23.3 Å². The quantitative estimate of drug-likeness (QED) is 0.551. The molecule has 3 saturated carbocycles. The van der Waals surface area contributed by atoms with E-state index >= 15 is 0 Å². The number of hydrogen-bond acceptors (Lipinski definition) is 1. The van der Waals surface area contributed by atoms with E-state index in [1.165, 1.54) is 56.9 Å². The van der Waals surface area contributed by atoms with Gasteiger partial charge in [-0.05, 0) is 80.0 Å². The molecule has 4 aliphatic rings. The van der Waals surface area contributed by atoms with Crippen LogP contribution in [0.1, 0.15) is 71.6 Å². The monoisotopic (exact) mass is 313 g/mol. The van der Waals surface area contributed by atoms with Crippen LogP contribution in [-0.4, -0.2) is 5.91 Å². The van der Waals surface area contributed by atoms with Crippen molar-refractivity contribution in [1.29, 1.82) is 0 Å². The Bertz CT molecular complexity index is 589. The fourth-order valence-electron chi connectivity index (χ4n) is 6.95. The maximum Gasteiger partial charge on any atom is 0.241 e. The van der Waals surface area contributed by atoms with Crippen LogP contribution in [0.5, 0.6) is 0 Å². The van der Waals surface area contributed by atoms with Gasteiger partial charge in [-0.25, -0.2) is 0 Å². The average Bonchev–Trinajstić information content (AvgIpc) is 2.83. The molecular formula is C21H31NO. The second-order valence-corrected chi connectivity index (χ2v) is 9.03. The summed E-state index contributed by atoms with van der Waals surface area (Å²) in [6.45, 7) is 4.98. The number of hydrogen-bond donors (Lipinski definition) is 1. The molecule has 0 aliphatic heterocycles. The van der Waals surface area contributed by atoms with Crippen molar-refractivity contribution in [2.45, 2.75) is 71.6 Å². The van der Waals surface area contributed by atoms with Crippen molar-refractivity contribution in [3.05, 3.63) is 23.3 Å². The third-order valence-electron chi connectivity index (χ3n) is 8.18. The van der Waals surface area contributed by atoms with E-state index in [0.717, 1.165) is 24.2 Å². The molecule has 0 radical (unpaired) electrons. The maximum absolute atomic E-state index is 11.4. The first-order valence-electron chi connectivity index (χ1n) is 9.65. The van der Waals surface area contributed by atoms with Crippen molar-refractivity contribution in [2.24, 2.45) is 34.3 Å². The van der Waals surface area contributed by atoms with Gasteiger partial charge in [0, 0.05) is 6.08 Å². The third-order valence-corrected chi connectivity index (χ3v) is 8.18. The van der Waals surface area contributed by atoms with Crippen molar-refractivity contribution < 1.29 is 4.79 Å². The van der Waals surface area contributed by atoms with Crippen LogP contribution in [0.4, 0.5) is 0 Å². The van der Waals surface area contributed by atoms with E-state index in [0.29, 0.717) is 5.41 Å². The van der Waals surface area contributed by atoms with E-state index in [1.54, 1.807) is 11.6 Å². The van der Waals surface area contributed by atoms with Crippen molar-refractivity contribution in [3.8, 4) is 0 Å². The average molecular weight is 313 g/mol. The highest BCUT2D eigenvalue weighted by atomic mass is 16.1. The summed E-state index contributed by atoms with van der Waals surface area (Å²) in [6.07, 6.45) is 16.1. The second-order valence-electron chi connectivity index (χ2n) is 9.03. The Morgan fingerprint density at radius 1 is 1.13 bits per heavy atom. The molecular weight excluding hydrogens is 282 g/mol. The summed E-state index contributed by atoms with van der Waals surface area (Å²) < 4.78 is 0. The first-order valence-corrected chi connectivity index (χ1v) is 9.65. The summed E-state index contributed by atoms with van der Waals surface area (Å²) in [5.41, 5.74) is 9.29. The summed E-state index contributed by atoms with van der Waals surface area (Å²) in [5, 5.41) is 0. The Morgan fingerprint density at radius 2 is 1.91 bits per heavy atom. The lowest BCUT2D eigenvalue weighted by Gasteiger charge is -2.57. The van der Waals surface area contributed by atoms with Gasteiger partial charge in [-0.3, -0.25) is 4.79 Å². The molecule has 3 fully saturated rings. The molecule has 0 unspecified atom stereocenters. The first kappa shape index (κ1) is 15.5. The third kappa shape index (κ3) is 2.16. The van der Waals surface area contributed by atoms with Gasteiger partial charge < -0.3 is 5.73 Å². The fraction of sp³-hybridized carbons (Fsp3) is 0.762. The molecule has 2 heteroatoms. The minimum absolute atomic E-state index is 0.229. The van der Waals surface area contributed by atoms with E-state index < -0.39 is 0 Å². The number of primary amides is 1. The summed E-state index contributed by atoms with van der Waals surface area (Å²) in [5.74, 6) is 2.19. The number of fused-ring (bicyclic) bond motifs is 5. The van der Waals surface area contributed by atoms with E-state index in [1.807, 2.05) is 0 Å². The van der Waals surface area contributed by atoms with E-state index in [9.17, 15) is 4.79 Å². The van der Waals surface area contributed by atoms with Crippen LogP contribution in [0.2, 0.25) is 0 Å². The Hall–Kier alpha value is -1.05. The zero-order chi connectivity index (χ0) is 16.2. The molecule has 23 heavy (non-hydrogen) atoms. The predicted molar refractivity (Wildman–Crippen MR) is 93.6 cm³/mol. The molecule has 0 heterocycles. The normalized spacial score (nSPS) is 47.5. The molecule has 0 aromatic heterocycles. The SMILES string of the molecule is C[C@]12CCCCC1=CC[C@@H]1[C@@H]2CC[C@]2(C)C(=CC(N)=O)CC[C@@H]12. The molecule has 5 atom stereocenters. The summed E-state index contributed by atoms with van der Waals surface area (Å²) in [6, 6.07) is 0. The van der Waals surface area contributed by atoms with E-state index in [2.05, 4.69) is 19.9 Å². The lowest BCUT2D eigenvalue weighted by molar-refractivity contribution is -0.113. The Balaban J connectivity index is 1.68.